The van der Waals surface area contributed by atoms with Crippen molar-refractivity contribution < 1.29 is 28.2 Å². The molecule has 0 unspecified atom stereocenters. The number of esters is 1. The van der Waals surface area contributed by atoms with Crippen LogP contribution in [0.2, 0.25) is 0 Å². The van der Waals surface area contributed by atoms with Crippen LogP contribution in [-0.4, -0.2) is 31.9 Å². The predicted molar refractivity (Wildman–Crippen MR) is 74.1 cm³/mol. The smallest absolute Gasteiger partial charge is 0.412 e. The third-order valence-electron chi connectivity index (χ3n) is 2.35. The van der Waals surface area contributed by atoms with Crippen molar-refractivity contribution in [3.63, 3.8) is 0 Å². The molecular weight excluding hydrogens is 281 g/mol. The van der Waals surface area contributed by atoms with Crippen molar-refractivity contribution in [3.8, 4) is 5.75 Å². The van der Waals surface area contributed by atoms with E-state index in [9.17, 15) is 14.0 Å². The topological polar surface area (TPSA) is 73.9 Å². The Morgan fingerprint density at radius 2 is 1.81 bits per heavy atom. The van der Waals surface area contributed by atoms with Gasteiger partial charge in [0.25, 0.3) is 0 Å². The summed E-state index contributed by atoms with van der Waals surface area (Å²) in [5, 5.41) is 2.32. The van der Waals surface area contributed by atoms with Gasteiger partial charge in [0.1, 0.15) is 11.2 Å². The summed E-state index contributed by atoms with van der Waals surface area (Å²) < 4.78 is 28.5. The van der Waals surface area contributed by atoms with E-state index >= 15 is 0 Å². The zero-order valence-corrected chi connectivity index (χ0v) is 12.6. The number of anilines is 1. The minimum absolute atomic E-state index is 0.0607. The first-order valence-electron chi connectivity index (χ1n) is 6.14. The second-order valence-electron chi connectivity index (χ2n) is 5.12. The molecule has 0 radical (unpaired) electrons. The lowest BCUT2D eigenvalue weighted by atomic mass is 10.1. The highest BCUT2D eigenvalue weighted by Crippen LogP contribution is 2.28. The van der Waals surface area contributed by atoms with Gasteiger partial charge in [-0.2, -0.15) is 0 Å². The molecule has 0 heterocycles. The lowest BCUT2D eigenvalue weighted by Crippen LogP contribution is -2.28. The Hall–Kier alpha value is -2.31. The number of hydrogen-bond acceptors (Lipinski definition) is 5. The lowest BCUT2D eigenvalue weighted by Gasteiger charge is -2.20. The Morgan fingerprint density at radius 3 is 2.29 bits per heavy atom. The Morgan fingerprint density at radius 1 is 1.19 bits per heavy atom. The molecule has 1 amide bonds. The Labute approximate surface area is 122 Å². The maximum Gasteiger partial charge on any atom is 0.412 e. The highest BCUT2D eigenvalue weighted by molar-refractivity contribution is 6.00. The molecule has 0 saturated carbocycles. The minimum atomic E-state index is -0.933. The van der Waals surface area contributed by atoms with Crippen LogP contribution in [0.25, 0.3) is 0 Å². The van der Waals surface area contributed by atoms with E-state index in [2.05, 4.69) is 10.1 Å². The summed E-state index contributed by atoms with van der Waals surface area (Å²) in [5.74, 6) is -1.99. The van der Waals surface area contributed by atoms with Gasteiger partial charge in [-0.3, -0.25) is 5.32 Å². The van der Waals surface area contributed by atoms with E-state index in [1.165, 1.54) is 19.2 Å². The summed E-state index contributed by atoms with van der Waals surface area (Å²) in [6.45, 7) is 5.05. The van der Waals surface area contributed by atoms with Crippen LogP contribution in [0.3, 0.4) is 0 Å². The largest absolute Gasteiger partial charge is 0.494 e. The number of nitrogens with one attached hydrogen (secondary N) is 1. The average molecular weight is 299 g/mol. The predicted octanol–water partition coefficient (Wildman–Crippen LogP) is 2.97. The average Bonchev–Trinajstić information content (AvgIpc) is 2.36. The molecule has 0 aromatic heterocycles. The molecule has 0 aliphatic carbocycles. The van der Waals surface area contributed by atoms with Crippen LogP contribution in [0.4, 0.5) is 14.9 Å². The van der Waals surface area contributed by atoms with Crippen LogP contribution < -0.4 is 10.1 Å². The molecule has 7 heteroatoms. The lowest BCUT2D eigenvalue weighted by molar-refractivity contribution is 0.0596. The third kappa shape index (κ3) is 4.34. The van der Waals surface area contributed by atoms with Gasteiger partial charge in [0, 0.05) is 0 Å². The van der Waals surface area contributed by atoms with Crippen LogP contribution in [0.5, 0.6) is 5.75 Å². The summed E-state index contributed by atoms with van der Waals surface area (Å²) in [5.41, 5.74) is -1.21. The molecule has 0 spiro atoms. The molecule has 0 aliphatic heterocycles. The van der Waals surface area contributed by atoms with E-state index in [4.69, 9.17) is 9.47 Å². The molecule has 1 aromatic rings. The van der Waals surface area contributed by atoms with E-state index in [1.54, 1.807) is 20.8 Å². The molecule has 116 valence electrons. The molecule has 1 rings (SSSR count). The van der Waals surface area contributed by atoms with E-state index in [-0.39, 0.29) is 11.4 Å². The number of hydrogen-bond donors (Lipinski definition) is 1. The highest BCUT2D eigenvalue weighted by atomic mass is 19.1. The van der Waals surface area contributed by atoms with E-state index < -0.39 is 29.0 Å². The monoisotopic (exact) mass is 299 g/mol. The molecule has 0 atom stereocenters. The fourth-order valence-corrected chi connectivity index (χ4v) is 1.53. The fourth-order valence-electron chi connectivity index (χ4n) is 1.53. The normalized spacial score (nSPS) is 10.8. The van der Waals surface area contributed by atoms with Gasteiger partial charge in [0.05, 0.1) is 19.9 Å². The second kappa shape index (κ2) is 6.43. The summed E-state index contributed by atoms with van der Waals surface area (Å²) in [7, 11) is 2.37. The van der Waals surface area contributed by atoms with Crippen LogP contribution in [0.1, 0.15) is 31.1 Å². The van der Waals surface area contributed by atoms with Crippen LogP contribution in [-0.2, 0) is 9.47 Å². The van der Waals surface area contributed by atoms with E-state index in [0.29, 0.717) is 0 Å². The molecule has 0 bridgehead atoms. The maximum absolute atomic E-state index is 14.1. The van der Waals surface area contributed by atoms with Gasteiger partial charge in [-0.15, -0.1) is 0 Å². The number of carbonyl (C=O) groups excluding carboxylic acids is 2. The molecule has 21 heavy (non-hydrogen) atoms. The van der Waals surface area contributed by atoms with Crippen LogP contribution >= 0.6 is 0 Å². The summed E-state index contributed by atoms with van der Waals surface area (Å²) >= 11 is 0. The first-order valence-corrected chi connectivity index (χ1v) is 6.14. The Balaban J connectivity index is 3.15. The van der Waals surface area contributed by atoms with Gasteiger partial charge >= 0.3 is 12.1 Å². The van der Waals surface area contributed by atoms with Crippen molar-refractivity contribution in [3.05, 3.63) is 23.5 Å². The maximum atomic E-state index is 14.1. The minimum Gasteiger partial charge on any atom is -0.494 e. The molecule has 1 N–H and O–H groups in total. The van der Waals surface area contributed by atoms with E-state index in [0.717, 1.165) is 7.11 Å². The number of methoxy groups -OCH3 is 2. The number of rotatable bonds is 3. The zero-order valence-electron chi connectivity index (χ0n) is 12.6. The number of benzene rings is 1. The first kappa shape index (κ1) is 16.7. The second-order valence-corrected chi connectivity index (χ2v) is 5.12. The van der Waals surface area contributed by atoms with Gasteiger partial charge in [0.2, 0.25) is 0 Å². The van der Waals surface area contributed by atoms with Crippen LogP contribution in [0, 0.1) is 5.82 Å². The molecule has 0 saturated heterocycles. The molecular formula is C14H18FNO5. The molecule has 1 aromatic carbocycles. The SMILES string of the molecule is COC(=O)c1c(NC(=O)OC(C)(C)C)ccc(OC)c1F. The Bertz CT molecular complexity index is 551. The van der Waals surface area contributed by atoms with Gasteiger partial charge in [-0.25, -0.2) is 14.0 Å². The number of carbonyl (C=O) groups is 2. The number of amides is 1. The Kier molecular flexibility index (Phi) is 5.12. The third-order valence-corrected chi connectivity index (χ3v) is 2.35. The molecule has 0 aliphatic rings. The van der Waals surface area contributed by atoms with Crippen molar-refractivity contribution in [2.75, 3.05) is 19.5 Å². The van der Waals surface area contributed by atoms with Gasteiger partial charge in [-0.05, 0) is 32.9 Å². The van der Waals surface area contributed by atoms with Gasteiger partial charge in [0.15, 0.2) is 11.6 Å². The standard InChI is InChI=1S/C14H18FNO5/c1-14(2,3)21-13(18)16-8-6-7-9(19-4)11(15)10(8)12(17)20-5/h6-7H,1-5H3,(H,16,18). The van der Waals surface area contributed by atoms with Gasteiger partial charge in [-0.1, -0.05) is 0 Å². The van der Waals surface area contributed by atoms with Gasteiger partial charge < -0.3 is 14.2 Å². The summed E-state index contributed by atoms with van der Waals surface area (Å²) in [6.07, 6.45) is -0.808. The highest BCUT2D eigenvalue weighted by Gasteiger charge is 2.24. The van der Waals surface area contributed by atoms with Crippen molar-refractivity contribution in [1.29, 1.82) is 0 Å². The van der Waals surface area contributed by atoms with E-state index in [1.807, 2.05) is 0 Å². The number of ether oxygens (including phenoxy) is 3. The zero-order chi connectivity index (χ0) is 16.2. The van der Waals surface area contributed by atoms with Crippen molar-refractivity contribution in [2.24, 2.45) is 0 Å². The first-order chi connectivity index (χ1) is 9.69. The fraction of sp³-hybridized carbons (Fsp3) is 0.429. The van der Waals surface area contributed by atoms with Crippen molar-refractivity contribution in [1.82, 2.24) is 0 Å². The van der Waals surface area contributed by atoms with Crippen molar-refractivity contribution in [2.45, 2.75) is 26.4 Å². The molecule has 0 fully saturated rings. The molecule has 6 nitrogen and oxygen atoms in total. The van der Waals surface area contributed by atoms with Crippen LogP contribution in [0.15, 0.2) is 12.1 Å². The summed E-state index contributed by atoms with van der Waals surface area (Å²) in [4.78, 5) is 23.4. The number of halogens is 1. The van der Waals surface area contributed by atoms with Crippen molar-refractivity contribution >= 4 is 17.7 Å². The summed E-state index contributed by atoms with van der Waals surface area (Å²) in [6, 6.07) is 2.62. The quantitative estimate of drug-likeness (QED) is 0.869.